The maximum atomic E-state index is 12.3. The van der Waals surface area contributed by atoms with Crippen molar-refractivity contribution in [2.45, 2.75) is 19.9 Å². The smallest absolute Gasteiger partial charge is 0.269 e. The molecular formula is C20H20ClN3O3. The Morgan fingerprint density at radius 2 is 1.74 bits per heavy atom. The lowest BCUT2D eigenvalue weighted by atomic mass is 10.1. The third kappa shape index (κ3) is 4.86. The Morgan fingerprint density at radius 1 is 1.07 bits per heavy atom. The third-order valence-electron chi connectivity index (χ3n) is 4.48. The largest absolute Gasteiger partial charge is 0.338 e. The lowest BCUT2D eigenvalue weighted by molar-refractivity contribution is -0.129. The van der Waals surface area contributed by atoms with Crippen molar-refractivity contribution in [1.82, 2.24) is 15.8 Å². The second kappa shape index (κ2) is 8.22. The van der Waals surface area contributed by atoms with E-state index in [0.717, 1.165) is 11.1 Å². The molecule has 0 radical (unpaired) electrons. The summed E-state index contributed by atoms with van der Waals surface area (Å²) in [4.78, 5) is 38.2. The summed E-state index contributed by atoms with van der Waals surface area (Å²) in [7, 11) is 0. The van der Waals surface area contributed by atoms with Gasteiger partial charge in [0.15, 0.2) is 0 Å². The molecule has 2 aromatic carbocycles. The Labute approximate surface area is 162 Å². The van der Waals surface area contributed by atoms with E-state index >= 15 is 0 Å². The highest BCUT2D eigenvalue weighted by Gasteiger charge is 2.34. The van der Waals surface area contributed by atoms with Crippen LogP contribution in [0.3, 0.4) is 0 Å². The maximum absolute atomic E-state index is 12.3. The maximum Gasteiger partial charge on any atom is 0.269 e. The van der Waals surface area contributed by atoms with Crippen molar-refractivity contribution in [3.8, 4) is 0 Å². The molecule has 27 heavy (non-hydrogen) atoms. The number of rotatable bonds is 4. The van der Waals surface area contributed by atoms with Gasteiger partial charge in [-0.15, -0.1) is 0 Å². The molecule has 0 aliphatic carbocycles. The highest BCUT2D eigenvalue weighted by Crippen LogP contribution is 2.20. The lowest BCUT2D eigenvalue weighted by Gasteiger charge is -2.17. The topological polar surface area (TPSA) is 78.5 Å². The molecule has 1 aliphatic heterocycles. The van der Waals surface area contributed by atoms with Crippen LogP contribution in [0, 0.1) is 12.8 Å². The normalized spacial score (nSPS) is 16.3. The van der Waals surface area contributed by atoms with Crippen LogP contribution in [0.2, 0.25) is 5.02 Å². The van der Waals surface area contributed by atoms with Crippen molar-refractivity contribution in [3.05, 3.63) is 70.2 Å². The van der Waals surface area contributed by atoms with Gasteiger partial charge in [0.05, 0.1) is 5.92 Å². The fourth-order valence-corrected chi connectivity index (χ4v) is 3.03. The first-order valence-corrected chi connectivity index (χ1v) is 8.99. The average molecular weight is 386 g/mol. The number of likely N-dealkylation sites (tertiary alicyclic amines) is 1. The molecule has 140 valence electrons. The molecule has 6 nitrogen and oxygen atoms in total. The number of carbonyl (C=O) groups is 3. The zero-order chi connectivity index (χ0) is 19.4. The zero-order valence-electron chi connectivity index (χ0n) is 14.9. The monoisotopic (exact) mass is 385 g/mol. The summed E-state index contributed by atoms with van der Waals surface area (Å²) in [6, 6.07) is 14.2. The summed E-state index contributed by atoms with van der Waals surface area (Å²) in [5, 5.41) is 0.522. The van der Waals surface area contributed by atoms with Gasteiger partial charge in [0.25, 0.3) is 5.91 Å². The SMILES string of the molecule is Cc1ccc(CN2CC(C(=O)NNC(=O)c3ccc(Cl)cc3)CC2=O)cc1. The molecular weight excluding hydrogens is 366 g/mol. The number of hydrazine groups is 1. The summed E-state index contributed by atoms with van der Waals surface area (Å²) < 4.78 is 0. The van der Waals surface area contributed by atoms with E-state index in [0.29, 0.717) is 23.7 Å². The van der Waals surface area contributed by atoms with Gasteiger partial charge in [0.1, 0.15) is 0 Å². The Bertz CT molecular complexity index is 850. The average Bonchev–Trinajstić information content (AvgIpc) is 3.02. The van der Waals surface area contributed by atoms with E-state index in [4.69, 9.17) is 11.6 Å². The van der Waals surface area contributed by atoms with E-state index < -0.39 is 11.8 Å². The van der Waals surface area contributed by atoms with Crippen molar-refractivity contribution in [3.63, 3.8) is 0 Å². The van der Waals surface area contributed by atoms with Crippen LogP contribution in [-0.4, -0.2) is 29.2 Å². The molecule has 3 rings (SSSR count). The number of hydrogen-bond acceptors (Lipinski definition) is 3. The van der Waals surface area contributed by atoms with E-state index in [1.165, 1.54) is 0 Å². The molecule has 1 atom stereocenters. The van der Waals surface area contributed by atoms with E-state index in [1.54, 1.807) is 29.2 Å². The van der Waals surface area contributed by atoms with Crippen LogP contribution in [0.4, 0.5) is 0 Å². The Morgan fingerprint density at radius 3 is 2.41 bits per heavy atom. The predicted molar refractivity (Wildman–Crippen MR) is 102 cm³/mol. The quantitative estimate of drug-likeness (QED) is 0.793. The molecule has 1 aliphatic rings. The number of amides is 3. The standard InChI is InChI=1S/C20H20ClN3O3/c1-13-2-4-14(5-3-13)11-24-12-16(10-18(24)25)20(27)23-22-19(26)15-6-8-17(21)9-7-15/h2-9,16H,10-12H2,1H3,(H,22,26)(H,23,27). The predicted octanol–water partition coefficient (Wildman–Crippen LogP) is 2.46. The van der Waals surface area contributed by atoms with Crippen molar-refractivity contribution >= 4 is 29.3 Å². The minimum Gasteiger partial charge on any atom is -0.338 e. The van der Waals surface area contributed by atoms with Gasteiger partial charge >= 0.3 is 0 Å². The molecule has 1 fully saturated rings. The number of carbonyl (C=O) groups excluding carboxylic acids is 3. The number of benzene rings is 2. The molecule has 0 aromatic heterocycles. The molecule has 3 amide bonds. The summed E-state index contributed by atoms with van der Waals surface area (Å²) in [5.41, 5.74) is 7.32. The van der Waals surface area contributed by atoms with Crippen LogP contribution in [0.1, 0.15) is 27.9 Å². The Balaban J connectivity index is 1.51. The van der Waals surface area contributed by atoms with E-state index in [1.807, 2.05) is 31.2 Å². The summed E-state index contributed by atoms with van der Waals surface area (Å²) in [5.74, 6) is -1.38. The molecule has 0 saturated carbocycles. The summed E-state index contributed by atoms with van der Waals surface area (Å²) in [6.07, 6.45) is 0.133. The number of halogens is 1. The number of hydrogen-bond donors (Lipinski definition) is 2. The minimum absolute atomic E-state index is 0.0697. The Kier molecular flexibility index (Phi) is 5.76. The van der Waals surface area contributed by atoms with Gasteiger partial charge in [-0.3, -0.25) is 25.2 Å². The molecule has 1 heterocycles. The van der Waals surface area contributed by atoms with Crippen LogP contribution >= 0.6 is 11.6 Å². The van der Waals surface area contributed by atoms with Gasteiger partial charge in [0.2, 0.25) is 11.8 Å². The van der Waals surface area contributed by atoms with E-state index in [-0.39, 0.29) is 18.2 Å². The van der Waals surface area contributed by atoms with Crippen LogP contribution < -0.4 is 10.9 Å². The fourth-order valence-electron chi connectivity index (χ4n) is 2.91. The summed E-state index contributed by atoms with van der Waals surface area (Å²) in [6.45, 7) is 2.80. The van der Waals surface area contributed by atoms with Crippen molar-refractivity contribution < 1.29 is 14.4 Å². The third-order valence-corrected chi connectivity index (χ3v) is 4.74. The second-order valence-corrected chi connectivity index (χ2v) is 7.05. The number of nitrogens with zero attached hydrogens (tertiary/aromatic N) is 1. The fraction of sp³-hybridized carbons (Fsp3) is 0.250. The molecule has 7 heteroatoms. The van der Waals surface area contributed by atoms with Gasteiger partial charge < -0.3 is 4.90 Å². The minimum atomic E-state index is -0.492. The van der Waals surface area contributed by atoms with Gasteiger partial charge in [-0.25, -0.2) is 0 Å². The van der Waals surface area contributed by atoms with Gasteiger partial charge in [-0.1, -0.05) is 41.4 Å². The van der Waals surface area contributed by atoms with Crippen molar-refractivity contribution in [1.29, 1.82) is 0 Å². The second-order valence-electron chi connectivity index (χ2n) is 6.61. The molecule has 0 bridgehead atoms. The van der Waals surface area contributed by atoms with E-state index in [9.17, 15) is 14.4 Å². The lowest BCUT2D eigenvalue weighted by Crippen LogP contribution is -2.45. The molecule has 0 spiro atoms. The van der Waals surface area contributed by atoms with Crippen molar-refractivity contribution in [2.75, 3.05) is 6.54 Å². The first-order valence-electron chi connectivity index (χ1n) is 8.61. The number of nitrogens with one attached hydrogen (secondary N) is 2. The van der Waals surface area contributed by atoms with Crippen LogP contribution in [0.5, 0.6) is 0 Å². The van der Waals surface area contributed by atoms with Gasteiger partial charge in [-0.2, -0.15) is 0 Å². The molecule has 2 aromatic rings. The highest BCUT2D eigenvalue weighted by atomic mass is 35.5. The molecule has 1 unspecified atom stereocenters. The Hall–Kier alpha value is -2.86. The first kappa shape index (κ1) is 18.9. The van der Waals surface area contributed by atoms with Crippen LogP contribution in [-0.2, 0) is 16.1 Å². The highest BCUT2D eigenvalue weighted by molar-refractivity contribution is 6.30. The number of aryl methyl sites for hydroxylation is 1. The van der Waals surface area contributed by atoms with E-state index in [2.05, 4.69) is 10.9 Å². The van der Waals surface area contributed by atoms with Crippen LogP contribution in [0.25, 0.3) is 0 Å². The zero-order valence-corrected chi connectivity index (χ0v) is 15.6. The van der Waals surface area contributed by atoms with Gasteiger partial charge in [0, 0.05) is 30.1 Å². The first-order chi connectivity index (χ1) is 12.9. The van der Waals surface area contributed by atoms with Crippen LogP contribution in [0.15, 0.2) is 48.5 Å². The summed E-state index contributed by atoms with van der Waals surface area (Å²) >= 11 is 5.78. The molecule has 1 saturated heterocycles. The van der Waals surface area contributed by atoms with Gasteiger partial charge in [-0.05, 0) is 36.8 Å². The molecule has 2 N–H and O–H groups in total. The van der Waals surface area contributed by atoms with Crippen molar-refractivity contribution in [2.24, 2.45) is 5.92 Å².